The number of rotatable bonds is 5. The van der Waals surface area contributed by atoms with Gasteiger partial charge >= 0.3 is 5.97 Å². The molecule has 1 saturated carbocycles. The molecule has 1 fully saturated rings. The molecule has 6 heteroatoms. The summed E-state index contributed by atoms with van der Waals surface area (Å²) >= 11 is 5.96. The van der Waals surface area contributed by atoms with Gasteiger partial charge in [-0.25, -0.2) is 9.78 Å². The van der Waals surface area contributed by atoms with Gasteiger partial charge in [-0.1, -0.05) is 11.6 Å². The van der Waals surface area contributed by atoms with E-state index in [1.54, 1.807) is 0 Å². The van der Waals surface area contributed by atoms with Crippen LogP contribution >= 0.6 is 11.6 Å². The van der Waals surface area contributed by atoms with Crippen LogP contribution in [0.4, 0.5) is 0 Å². The number of hydrogen-bond acceptors (Lipinski definition) is 3. The van der Waals surface area contributed by atoms with Crippen LogP contribution in [0.15, 0.2) is 18.2 Å². The van der Waals surface area contributed by atoms with Crippen molar-refractivity contribution in [3.63, 3.8) is 0 Å². The van der Waals surface area contributed by atoms with E-state index in [2.05, 4.69) is 9.55 Å². The third-order valence-corrected chi connectivity index (χ3v) is 3.33. The second-order valence-corrected chi connectivity index (χ2v) is 5.09. The van der Waals surface area contributed by atoms with E-state index in [1.807, 2.05) is 18.2 Å². The van der Waals surface area contributed by atoms with Crippen LogP contribution in [-0.2, 0) is 16.1 Å². The summed E-state index contributed by atoms with van der Waals surface area (Å²) in [7, 11) is 0. The molecule has 0 radical (unpaired) electrons. The van der Waals surface area contributed by atoms with E-state index in [-0.39, 0.29) is 13.2 Å². The van der Waals surface area contributed by atoms with Crippen LogP contribution in [0.1, 0.15) is 24.7 Å². The summed E-state index contributed by atoms with van der Waals surface area (Å²) in [6, 6.07) is 6.06. The van der Waals surface area contributed by atoms with Gasteiger partial charge < -0.3 is 14.4 Å². The highest BCUT2D eigenvalue weighted by molar-refractivity contribution is 6.31. The number of nitrogens with zero attached hydrogens (tertiary/aromatic N) is 2. The molecule has 19 heavy (non-hydrogen) atoms. The molecule has 1 heterocycles. The van der Waals surface area contributed by atoms with Gasteiger partial charge in [0, 0.05) is 11.1 Å². The van der Waals surface area contributed by atoms with E-state index in [0.29, 0.717) is 11.1 Å². The maximum atomic E-state index is 10.5. The lowest BCUT2D eigenvalue weighted by Gasteiger charge is -2.07. The predicted octanol–water partition coefficient (Wildman–Crippen LogP) is 2.63. The molecule has 2 aromatic rings. The number of carboxylic acid groups (broad SMARTS) is 1. The monoisotopic (exact) mass is 280 g/mol. The number of fused-ring (bicyclic) bond motifs is 1. The van der Waals surface area contributed by atoms with E-state index < -0.39 is 5.97 Å². The van der Waals surface area contributed by atoms with Crippen LogP contribution in [0.3, 0.4) is 0 Å². The maximum absolute atomic E-state index is 10.5. The van der Waals surface area contributed by atoms with Crippen molar-refractivity contribution < 1.29 is 14.6 Å². The Kier molecular flexibility index (Phi) is 3.16. The molecule has 1 aliphatic rings. The topological polar surface area (TPSA) is 64.3 Å². The first-order valence-electron chi connectivity index (χ1n) is 6.11. The Labute approximate surface area is 114 Å². The maximum Gasteiger partial charge on any atom is 0.329 e. The van der Waals surface area contributed by atoms with Gasteiger partial charge in [-0.3, -0.25) is 0 Å². The zero-order valence-electron chi connectivity index (χ0n) is 10.2. The van der Waals surface area contributed by atoms with Crippen LogP contribution < -0.4 is 0 Å². The Bertz CT molecular complexity index is 634. The molecule has 0 bridgehead atoms. The predicted molar refractivity (Wildman–Crippen MR) is 70.3 cm³/mol. The molecule has 1 aliphatic carbocycles. The zero-order valence-corrected chi connectivity index (χ0v) is 10.9. The minimum atomic E-state index is -0.975. The number of carboxylic acids is 1. The fraction of sp³-hybridized carbons (Fsp3) is 0.385. The average molecular weight is 281 g/mol. The van der Waals surface area contributed by atoms with E-state index in [0.717, 1.165) is 29.7 Å². The van der Waals surface area contributed by atoms with Crippen LogP contribution in [0.5, 0.6) is 0 Å². The Morgan fingerprint density at radius 1 is 1.53 bits per heavy atom. The van der Waals surface area contributed by atoms with Gasteiger partial charge in [0.25, 0.3) is 0 Å². The van der Waals surface area contributed by atoms with E-state index in [4.69, 9.17) is 21.4 Å². The molecule has 5 nitrogen and oxygen atoms in total. The number of imidazole rings is 1. The van der Waals surface area contributed by atoms with Crippen molar-refractivity contribution in [3.8, 4) is 0 Å². The first-order chi connectivity index (χ1) is 9.15. The molecule has 1 aromatic carbocycles. The highest BCUT2D eigenvalue weighted by atomic mass is 35.5. The first kappa shape index (κ1) is 12.4. The summed E-state index contributed by atoms with van der Waals surface area (Å²) in [5.74, 6) is -0.210. The summed E-state index contributed by atoms with van der Waals surface area (Å²) in [5, 5.41) is 9.23. The number of halogens is 1. The molecule has 1 aromatic heterocycles. The molecule has 100 valence electrons. The molecule has 0 saturated heterocycles. The lowest BCUT2D eigenvalue weighted by molar-refractivity contribution is -0.142. The van der Waals surface area contributed by atoms with Crippen molar-refractivity contribution in [1.82, 2.24) is 9.55 Å². The molecule has 0 amide bonds. The Balaban J connectivity index is 1.93. The van der Waals surface area contributed by atoms with E-state index in [1.165, 1.54) is 0 Å². The molecular weight excluding hydrogens is 268 g/mol. The van der Waals surface area contributed by atoms with Gasteiger partial charge in [-0.2, -0.15) is 0 Å². The molecule has 0 spiro atoms. The highest BCUT2D eigenvalue weighted by Crippen LogP contribution is 2.39. The SMILES string of the molecule is O=C(O)COCc1nc2cc(Cl)ccc2n1C1CC1. The van der Waals surface area contributed by atoms with Crippen molar-refractivity contribution in [3.05, 3.63) is 29.0 Å². The fourth-order valence-electron chi connectivity index (χ4n) is 2.19. The summed E-state index contributed by atoms with van der Waals surface area (Å²) < 4.78 is 7.28. The number of aromatic nitrogens is 2. The van der Waals surface area contributed by atoms with Crippen LogP contribution in [0, 0.1) is 0 Å². The molecule has 0 atom stereocenters. The number of benzene rings is 1. The summed E-state index contributed by atoms with van der Waals surface area (Å²) in [5.41, 5.74) is 1.86. The molecular formula is C13H13ClN2O3. The smallest absolute Gasteiger partial charge is 0.329 e. The van der Waals surface area contributed by atoms with Crippen molar-refractivity contribution in [1.29, 1.82) is 0 Å². The molecule has 1 N–H and O–H groups in total. The number of hydrogen-bond donors (Lipinski definition) is 1. The van der Waals surface area contributed by atoms with Crippen LogP contribution in [0.2, 0.25) is 5.02 Å². The van der Waals surface area contributed by atoms with E-state index in [9.17, 15) is 4.79 Å². The van der Waals surface area contributed by atoms with Gasteiger partial charge in [-0.15, -0.1) is 0 Å². The lowest BCUT2D eigenvalue weighted by atomic mass is 10.3. The van der Waals surface area contributed by atoms with Gasteiger partial charge in [0.15, 0.2) is 0 Å². The Hall–Kier alpha value is -1.59. The minimum absolute atomic E-state index is 0.203. The normalized spacial score (nSPS) is 15.0. The highest BCUT2D eigenvalue weighted by Gasteiger charge is 2.28. The molecule has 0 unspecified atom stereocenters. The van der Waals surface area contributed by atoms with Crippen molar-refractivity contribution in [2.75, 3.05) is 6.61 Å². The number of aliphatic carboxylic acids is 1. The van der Waals surface area contributed by atoms with Crippen LogP contribution in [0.25, 0.3) is 11.0 Å². The van der Waals surface area contributed by atoms with E-state index >= 15 is 0 Å². The zero-order chi connectivity index (χ0) is 13.4. The van der Waals surface area contributed by atoms with Gasteiger partial charge in [0.1, 0.15) is 19.0 Å². The second-order valence-electron chi connectivity index (χ2n) is 4.65. The Morgan fingerprint density at radius 2 is 2.32 bits per heavy atom. The standard InChI is InChI=1S/C13H13ClN2O3/c14-8-1-4-11-10(5-8)15-12(6-19-7-13(17)18)16(11)9-2-3-9/h1,4-5,9H,2-3,6-7H2,(H,17,18). The molecule has 3 rings (SSSR count). The van der Waals surface area contributed by atoms with Gasteiger partial charge in [-0.05, 0) is 31.0 Å². The lowest BCUT2D eigenvalue weighted by Crippen LogP contribution is -2.10. The fourth-order valence-corrected chi connectivity index (χ4v) is 2.36. The largest absolute Gasteiger partial charge is 0.480 e. The quantitative estimate of drug-likeness (QED) is 0.914. The summed E-state index contributed by atoms with van der Waals surface area (Å²) in [4.78, 5) is 15.0. The third kappa shape index (κ3) is 2.57. The van der Waals surface area contributed by atoms with Gasteiger partial charge in [0.2, 0.25) is 0 Å². The first-order valence-corrected chi connectivity index (χ1v) is 6.49. The average Bonchev–Trinajstić information content (AvgIpc) is 3.11. The summed E-state index contributed by atoms with van der Waals surface area (Å²) in [6.07, 6.45) is 2.25. The minimum Gasteiger partial charge on any atom is -0.480 e. The number of carbonyl (C=O) groups is 1. The summed E-state index contributed by atoms with van der Waals surface area (Å²) in [6.45, 7) is -0.107. The van der Waals surface area contributed by atoms with Crippen molar-refractivity contribution in [2.24, 2.45) is 0 Å². The van der Waals surface area contributed by atoms with Gasteiger partial charge in [0.05, 0.1) is 11.0 Å². The van der Waals surface area contributed by atoms with Crippen LogP contribution in [-0.4, -0.2) is 27.2 Å². The third-order valence-electron chi connectivity index (χ3n) is 3.09. The second kappa shape index (κ2) is 4.83. The molecule has 0 aliphatic heterocycles. The van der Waals surface area contributed by atoms with Crippen molar-refractivity contribution in [2.45, 2.75) is 25.5 Å². The van der Waals surface area contributed by atoms with Crippen molar-refractivity contribution >= 4 is 28.6 Å². The number of ether oxygens (including phenoxy) is 1. The Morgan fingerprint density at radius 3 is 3.00 bits per heavy atom.